The van der Waals surface area contributed by atoms with Gasteiger partial charge in [-0.2, -0.15) is 0 Å². The van der Waals surface area contributed by atoms with Crippen molar-refractivity contribution >= 4 is 0 Å². The molecule has 0 aliphatic carbocycles. The van der Waals surface area contributed by atoms with Crippen molar-refractivity contribution < 1.29 is 4.39 Å². The van der Waals surface area contributed by atoms with Gasteiger partial charge in [0.05, 0.1) is 0 Å². The summed E-state index contributed by atoms with van der Waals surface area (Å²) in [6.07, 6.45) is 2.05. The third-order valence-electron chi connectivity index (χ3n) is 2.63. The highest BCUT2D eigenvalue weighted by Gasteiger charge is 2.15. The van der Waals surface area contributed by atoms with Crippen LogP contribution in [-0.2, 0) is 6.42 Å². The van der Waals surface area contributed by atoms with Crippen LogP contribution in [0.3, 0.4) is 0 Å². The molecule has 1 saturated heterocycles. The van der Waals surface area contributed by atoms with E-state index < -0.39 is 0 Å². The van der Waals surface area contributed by atoms with Crippen molar-refractivity contribution in [1.29, 1.82) is 0 Å². The lowest BCUT2D eigenvalue weighted by Crippen LogP contribution is -2.11. The van der Waals surface area contributed by atoms with Crippen molar-refractivity contribution in [2.45, 2.75) is 12.8 Å². The van der Waals surface area contributed by atoms with Gasteiger partial charge in [-0.05, 0) is 43.5 Å². The minimum atomic E-state index is -0.0607. The van der Waals surface area contributed by atoms with Crippen molar-refractivity contribution in [3.8, 4) is 0 Å². The first kappa shape index (κ1) is 8.70. The quantitative estimate of drug-likeness (QED) is 0.732. The second-order valence-corrected chi connectivity index (χ2v) is 3.65. The van der Waals surface area contributed by atoms with E-state index >= 15 is 0 Å². The Balaban J connectivity index is 2.04. The molecule has 1 nitrogen and oxygen atoms in total. The van der Waals surface area contributed by atoms with Gasteiger partial charge in [0.25, 0.3) is 0 Å². The van der Waals surface area contributed by atoms with Gasteiger partial charge in [-0.25, -0.2) is 4.39 Å². The molecule has 1 unspecified atom stereocenters. The molecule has 70 valence electrons. The SMILES string of the molecule is Fc1ccccc1CC1CCNC1. The lowest BCUT2D eigenvalue weighted by Gasteiger charge is -2.08. The first-order valence-electron chi connectivity index (χ1n) is 4.80. The number of nitrogens with one attached hydrogen (secondary N) is 1. The van der Waals surface area contributed by atoms with Gasteiger partial charge in [-0.3, -0.25) is 0 Å². The van der Waals surface area contributed by atoms with Crippen molar-refractivity contribution in [1.82, 2.24) is 5.32 Å². The monoisotopic (exact) mass is 179 g/mol. The van der Waals surface area contributed by atoms with E-state index in [1.165, 1.54) is 12.5 Å². The maximum atomic E-state index is 13.2. The number of benzene rings is 1. The van der Waals surface area contributed by atoms with Crippen LogP contribution in [0.4, 0.5) is 4.39 Å². The van der Waals surface area contributed by atoms with E-state index in [-0.39, 0.29) is 5.82 Å². The number of hydrogen-bond acceptors (Lipinski definition) is 1. The first-order chi connectivity index (χ1) is 6.36. The molecule has 1 aromatic carbocycles. The number of halogens is 1. The molecule has 1 aliphatic rings. The van der Waals surface area contributed by atoms with Crippen LogP contribution in [-0.4, -0.2) is 13.1 Å². The van der Waals surface area contributed by atoms with Crippen molar-refractivity contribution in [3.63, 3.8) is 0 Å². The zero-order chi connectivity index (χ0) is 9.10. The fraction of sp³-hybridized carbons (Fsp3) is 0.455. The summed E-state index contributed by atoms with van der Waals surface area (Å²) in [5.41, 5.74) is 0.858. The topological polar surface area (TPSA) is 12.0 Å². The molecule has 1 fully saturated rings. The molecule has 0 amide bonds. The summed E-state index contributed by atoms with van der Waals surface area (Å²) in [5.74, 6) is 0.561. The molecule has 0 radical (unpaired) electrons. The molecule has 1 heterocycles. The van der Waals surface area contributed by atoms with Crippen LogP contribution in [0.5, 0.6) is 0 Å². The summed E-state index contributed by atoms with van der Waals surface area (Å²) >= 11 is 0. The number of hydrogen-bond donors (Lipinski definition) is 1. The fourth-order valence-electron chi connectivity index (χ4n) is 1.86. The second kappa shape index (κ2) is 3.88. The Morgan fingerprint density at radius 1 is 1.38 bits per heavy atom. The van der Waals surface area contributed by atoms with Crippen LogP contribution in [0.25, 0.3) is 0 Å². The molecular weight excluding hydrogens is 165 g/mol. The third kappa shape index (κ3) is 2.07. The molecule has 0 bridgehead atoms. The average Bonchev–Trinajstić information content (AvgIpc) is 2.61. The van der Waals surface area contributed by atoms with E-state index in [0.29, 0.717) is 5.92 Å². The van der Waals surface area contributed by atoms with Gasteiger partial charge in [-0.1, -0.05) is 18.2 Å². The van der Waals surface area contributed by atoms with Crippen LogP contribution in [0.1, 0.15) is 12.0 Å². The smallest absolute Gasteiger partial charge is 0.126 e. The van der Waals surface area contributed by atoms with E-state index in [1.807, 2.05) is 12.1 Å². The van der Waals surface area contributed by atoms with Gasteiger partial charge in [0.15, 0.2) is 0 Å². The molecule has 1 N–H and O–H groups in total. The molecule has 1 aliphatic heterocycles. The van der Waals surface area contributed by atoms with Crippen LogP contribution in [0, 0.1) is 11.7 Å². The lowest BCUT2D eigenvalue weighted by molar-refractivity contribution is 0.544. The maximum Gasteiger partial charge on any atom is 0.126 e. The van der Waals surface area contributed by atoms with Gasteiger partial charge in [0.2, 0.25) is 0 Å². The summed E-state index contributed by atoms with van der Waals surface area (Å²) in [6, 6.07) is 7.07. The zero-order valence-corrected chi connectivity index (χ0v) is 7.59. The molecule has 0 spiro atoms. The Bertz CT molecular complexity index is 279. The highest BCUT2D eigenvalue weighted by Crippen LogP contribution is 2.17. The molecule has 2 rings (SSSR count). The fourth-order valence-corrected chi connectivity index (χ4v) is 1.86. The summed E-state index contributed by atoms with van der Waals surface area (Å²) in [7, 11) is 0. The highest BCUT2D eigenvalue weighted by atomic mass is 19.1. The standard InChI is InChI=1S/C11H14FN/c12-11-4-2-1-3-10(11)7-9-5-6-13-8-9/h1-4,9,13H,5-8H2. The minimum absolute atomic E-state index is 0.0607. The van der Waals surface area contributed by atoms with E-state index in [9.17, 15) is 4.39 Å². The molecule has 0 aromatic heterocycles. The summed E-state index contributed by atoms with van der Waals surface area (Å²) in [4.78, 5) is 0. The molecule has 1 aromatic rings. The highest BCUT2D eigenvalue weighted by molar-refractivity contribution is 5.18. The summed E-state index contributed by atoms with van der Waals surface area (Å²) < 4.78 is 13.2. The van der Waals surface area contributed by atoms with E-state index in [4.69, 9.17) is 0 Å². The molecular formula is C11H14FN. The maximum absolute atomic E-state index is 13.2. The van der Waals surface area contributed by atoms with Gasteiger partial charge in [-0.15, -0.1) is 0 Å². The van der Waals surface area contributed by atoms with Gasteiger partial charge in [0.1, 0.15) is 5.82 Å². The number of rotatable bonds is 2. The van der Waals surface area contributed by atoms with Crippen LogP contribution < -0.4 is 5.32 Å². The molecule has 1 atom stereocenters. The first-order valence-corrected chi connectivity index (χ1v) is 4.80. The Morgan fingerprint density at radius 2 is 2.23 bits per heavy atom. The second-order valence-electron chi connectivity index (χ2n) is 3.65. The largest absolute Gasteiger partial charge is 0.316 e. The third-order valence-corrected chi connectivity index (χ3v) is 2.63. The van der Waals surface area contributed by atoms with Gasteiger partial charge in [0, 0.05) is 0 Å². The molecule has 13 heavy (non-hydrogen) atoms. The van der Waals surface area contributed by atoms with E-state index in [2.05, 4.69) is 5.32 Å². The zero-order valence-electron chi connectivity index (χ0n) is 7.59. The van der Waals surface area contributed by atoms with Crippen molar-refractivity contribution in [2.75, 3.05) is 13.1 Å². The lowest BCUT2D eigenvalue weighted by atomic mass is 9.98. The summed E-state index contributed by atoms with van der Waals surface area (Å²) in [6.45, 7) is 2.12. The van der Waals surface area contributed by atoms with Crippen LogP contribution >= 0.6 is 0 Å². The van der Waals surface area contributed by atoms with E-state index in [0.717, 1.165) is 25.1 Å². The van der Waals surface area contributed by atoms with Gasteiger partial charge < -0.3 is 5.32 Å². The predicted octanol–water partition coefficient (Wildman–Crippen LogP) is 1.98. The van der Waals surface area contributed by atoms with E-state index in [1.54, 1.807) is 6.07 Å². The van der Waals surface area contributed by atoms with Crippen LogP contribution in [0.15, 0.2) is 24.3 Å². The Kier molecular flexibility index (Phi) is 2.60. The Labute approximate surface area is 78.0 Å². The molecule has 0 saturated carbocycles. The minimum Gasteiger partial charge on any atom is -0.316 e. The average molecular weight is 179 g/mol. The van der Waals surface area contributed by atoms with Crippen LogP contribution in [0.2, 0.25) is 0 Å². The summed E-state index contributed by atoms with van der Waals surface area (Å²) in [5, 5.41) is 3.29. The Morgan fingerprint density at radius 3 is 2.92 bits per heavy atom. The predicted molar refractivity (Wildman–Crippen MR) is 51.1 cm³/mol. The molecule has 2 heteroatoms. The van der Waals surface area contributed by atoms with Crippen molar-refractivity contribution in [2.24, 2.45) is 5.92 Å². The van der Waals surface area contributed by atoms with Gasteiger partial charge >= 0.3 is 0 Å². The normalized spacial score (nSPS) is 22.1. The Hall–Kier alpha value is -0.890. The van der Waals surface area contributed by atoms with Crippen molar-refractivity contribution in [3.05, 3.63) is 35.6 Å².